The van der Waals surface area contributed by atoms with Crippen LogP contribution in [0.3, 0.4) is 0 Å². The molecule has 0 bridgehead atoms. The van der Waals surface area contributed by atoms with Gasteiger partial charge in [0.05, 0.1) is 25.3 Å². The highest BCUT2D eigenvalue weighted by Gasteiger charge is 2.22. The Labute approximate surface area is 112 Å². The van der Waals surface area contributed by atoms with Crippen LogP contribution in [0.15, 0.2) is 24.3 Å². The highest BCUT2D eigenvalue weighted by Crippen LogP contribution is 2.22. The van der Waals surface area contributed by atoms with E-state index in [1.807, 2.05) is 18.2 Å². The molecule has 0 saturated carbocycles. The molecule has 0 fully saturated rings. The van der Waals surface area contributed by atoms with Gasteiger partial charge in [-0.15, -0.1) is 0 Å². The van der Waals surface area contributed by atoms with Crippen molar-refractivity contribution in [3.8, 4) is 5.75 Å². The summed E-state index contributed by atoms with van der Waals surface area (Å²) in [6, 6.07) is 7.34. The number of carbonyl (C=O) groups is 1. The van der Waals surface area contributed by atoms with Crippen LogP contribution in [-0.2, 0) is 4.74 Å². The quantitative estimate of drug-likeness (QED) is 0.648. The van der Waals surface area contributed by atoms with E-state index in [1.54, 1.807) is 11.0 Å². The number of para-hydroxylation sites is 1. The number of benzene rings is 1. The number of carbonyl (C=O) groups excluding carboxylic acids is 1. The second kappa shape index (κ2) is 6.66. The van der Waals surface area contributed by atoms with Gasteiger partial charge in [0.2, 0.25) is 0 Å². The van der Waals surface area contributed by atoms with Crippen molar-refractivity contribution >= 4 is 18.5 Å². The van der Waals surface area contributed by atoms with E-state index in [1.165, 1.54) is 0 Å². The first kappa shape index (κ1) is 13.2. The van der Waals surface area contributed by atoms with Gasteiger partial charge in [0, 0.05) is 12.3 Å². The molecule has 1 aliphatic rings. The van der Waals surface area contributed by atoms with Crippen molar-refractivity contribution in [3.05, 3.63) is 29.8 Å². The summed E-state index contributed by atoms with van der Waals surface area (Å²) in [4.78, 5) is 14.0. The van der Waals surface area contributed by atoms with Gasteiger partial charge in [-0.25, -0.2) is 0 Å². The molecule has 0 atom stereocenters. The van der Waals surface area contributed by atoms with Crippen LogP contribution in [0, 0.1) is 0 Å². The predicted molar refractivity (Wildman–Crippen MR) is 72.5 cm³/mol. The molecule has 1 heterocycles. The van der Waals surface area contributed by atoms with E-state index < -0.39 is 0 Å². The molecule has 1 aromatic carbocycles. The summed E-state index contributed by atoms with van der Waals surface area (Å²) in [6.07, 6.45) is 0. The van der Waals surface area contributed by atoms with Gasteiger partial charge in [0.15, 0.2) is 0 Å². The third-order valence-corrected chi connectivity index (χ3v) is 2.95. The smallest absolute Gasteiger partial charge is 0.257 e. The summed E-state index contributed by atoms with van der Waals surface area (Å²) in [7, 11) is 0. The van der Waals surface area contributed by atoms with E-state index in [0.717, 1.165) is 0 Å². The first-order chi connectivity index (χ1) is 8.83. The van der Waals surface area contributed by atoms with Crippen LogP contribution in [-0.4, -0.2) is 49.5 Å². The average molecular weight is 267 g/mol. The van der Waals surface area contributed by atoms with Crippen molar-refractivity contribution in [2.45, 2.75) is 0 Å². The normalized spacial score (nSPS) is 14.9. The molecule has 0 radical (unpaired) electrons. The molecule has 1 aliphatic heterocycles. The highest BCUT2D eigenvalue weighted by atomic mass is 32.1. The monoisotopic (exact) mass is 267 g/mol. The standard InChI is InChI=1S/C13H17NO3S/c15-13-11-3-1-2-4-12(11)17-8-6-14(13)5-7-16-9-10-18/h1-4,18H,5-10H2. The third kappa shape index (κ3) is 3.17. The minimum Gasteiger partial charge on any atom is -0.491 e. The van der Waals surface area contributed by atoms with Gasteiger partial charge in [-0.2, -0.15) is 12.6 Å². The van der Waals surface area contributed by atoms with E-state index in [4.69, 9.17) is 9.47 Å². The second-order valence-corrected chi connectivity index (χ2v) is 4.42. The van der Waals surface area contributed by atoms with Gasteiger partial charge < -0.3 is 14.4 Å². The molecule has 4 nitrogen and oxygen atoms in total. The van der Waals surface area contributed by atoms with Crippen molar-refractivity contribution in [1.29, 1.82) is 0 Å². The van der Waals surface area contributed by atoms with Crippen LogP contribution in [0.25, 0.3) is 0 Å². The average Bonchev–Trinajstić information content (AvgIpc) is 2.56. The first-order valence-corrected chi connectivity index (χ1v) is 6.66. The zero-order valence-electron chi connectivity index (χ0n) is 10.2. The second-order valence-electron chi connectivity index (χ2n) is 3.97. The van der Waals surface area contributed by atoms with Crippen molar-refractivity contribution in [2.75, 3.05) is 38.7 Å². The predicted octanol–water partition coefficient (Wildman–Crippen LogP) is 1.47. The Morgan fingerprint density at radius 2 is 2.17 bits per heavy atom. The molecule has 0 aromatic heterocycles. The molecule has 0 aliphatic carbocycles. The lowest BCUT2D eigenvalue weighted by Crippen LogP contribution is -2.35. The van der Waals surface area contributed by atoms with Crippen LogP contribution < -0.4 is 4.74 Å². The minimum atomic E-state index is 0.0116. The maximum Gasteiger partial charge on any atom is 0.257 e. The van der Waals surface area contributed by atoms with E-state index in [0.29, 0.717) is 50.0 Å². The summed E-state index contributed by atoms with van der Waals surface area (Å²) in [6.45, 7) is 2.85. The van der Waals surface area contributed by atoms with Crippen LogP contribution in [0.2, 0.25) is 0 Å². The van der Waals surface area contributed by atoms with Crippen molar-refractivity contribution in [3.63, 3.8) is 0 Å². The summed E-state index contributed by atoms with van der Waals surface area (Å²) in [5, 5.41) is 0. The summed E-state index contributed by atoms with van der Waals surface area (Å²) in [5.74, 6) is 1.37. The third-order valence-electron chi connectivity index (χ3n) is 2.76. The summed E-state index contributed by atoms with van der Waals surface area (Å²) >= 11 is 4.07. The highest BCUT2D eigenvalue weighted by molar-refractivity contribution is 7.80. The Bertz CT molecular complexity index is 411. The lowest BCUT2D eigenvalue weighted by Gasteiger charge is -2.19. The fourth-order valence-electron chi connectivity index (χ4n) is 1.86. The van der Waals surface area contributed by atoms with Crippen molar-refractivity contribution in [2.24, 2.45) is 0 Å². The molecular formula is C13H17NO3S. The molecule has 0 saturated heterocycles. The van der Waals surface area contributed by atoms with Gasteiger partial charge in [0.1, 0.15) is 12.4 Å². The van der Waals surface area contributed by atoms with Crippen molar-refractivity contribution < 1.29 is 14.3 Å². The van der Waals surface area contributed by atoms with Crippen LogP contribution in [0.4, 0.5) is 0 Å². The Morgan fingerprint density at radius 3 is 3.00 bits per heavy atom. The summed E-state index contributed by atoms with van der Waals surface area (Å²) in [5.41, 5.74) is 0.629. The van der Waals surface area contributed by atoms with E-state index in [2.05, 4.69) is 12.6 Å². The fraction of sp³-hybridized carbons (Fsp3) is 0.462. The number of amides is 1. The SMILES string of the molecule is O=C1c2ccccc2OCCN1CCOCCS. The number of nitrogens with zero attached hydrogens (tertiary/aromatic N) is 1. The number of fused-ring (bicyclic) bond motifs is 1. The topological polar surface area (TPSA) is 38.8 Å². The van der Waals surface area contributed by atoms with Crippen LogP contribution >= 0.6 is 12.6 Å². The van der Waals surface area contributed by atoms with E-state index in [9.17, 15) is 4.79 Å². The van der Waals surface area contributed by atoms with E-state index in [-0.39, 0.29) is 5.91 Å². The number of ether oxygens (including phenoxy) is 2. The molecule has 0 unspecified atom stereocenters. The molecule has 98 valence electrons. The molecule has 1 amide bonds. The molecule has 0 N–H and O–H groups in total. The Kier molecular flexibility index (Phi) is 4.90. The van der Waals surface area contributed by atoms with Gasteiger partial charge in [0.25, 0.3) is 5.91 Å². The molecule has 1 aromatic rings. The van der Waals surface area contributed by atoms with Gasteiger partial charge in [-0.05, 0) is 12.1 Å². The number of rotatable bonds is 5. The molecule has 0 spiro atoms. The van der Waals surface area contributed by atoms with E-state index >= 15 is 0 Å². The molecule has 5 heteroatoms. The maximum atomic E-state index is 12.3. The Balaban J connectivity index is 1.99. The van der Waals surface area contributed by atoms with Crippen LogP contribution in [0.1, 0.15) is 10.4 Å². The molecule has 2 rings (SSSR count). The van der Waals surface area contributed by atoms with Crippen molar-refractivity contribution in [1.82, 2.24) is 4.90 Å². The maximum absolute atomic E-state index is 12.3. The van der Waals surface area contributed by atoms with Crippen LogP contribution in [0.5, 0.6) is 5.75 Å². The van der Waals surface area contributed by atoms with Gasteiger partial charge in [-0.3, -0.25) is 4.79 Å². The zero-order chi connectivity index (χ0) is 12.8. The molecule has 18 heavy (non-hydrogen) atoms. The Morgan fingerprint density at radius 1 is 1.33 bits per heavy atom. The number of thiol groups is 1. The summed E-state index contributed by atoms with van der Waals surface area (Å²) < 4.78 is 10.9. The lowest BCUT2D eigenvalue weighted by atomic mass is 10.2. The number of hydrogen-bond donors (Lipinski definition) is 1. The van der Waals surface area contributed by atoms with Gasteiger partial charge in [-0.1, -0.05) is 12.1 Å². The lowest BCUT2D eigenvalue weighted by molar-refractivity contribution is 0.0657. The van der Waals surface area contributed by atoms with Gasteiger partial charge >= 0.3 is 0 Å². The fourth-order valence-corrected chi connectivity index (χ4v) is 1.99. The number of hydrogen-bond acceptors (Lipinski definition) is 4. The first-order valence-electron chi connectivity index (χ1n) is 6.02. The zero-order valence-corrected chi connectivity index (χ0v) is 11.1. The Hall–Kier alpha value is -1.20. The molecular weight excluding hydrogens is 250 g/mol. The minimum absolute atomic E-state index is 0.0116. The largest absolute Gasteiger partial charge is 0.491 e.